The van der Waals surface area contributed by atoms with Gasteiger partial charge in [-0.2, -0.15) is 0 Å². The van der Waals surface area contributed by atoms with E-state index in [4.69, 9.17) is 10.6 Å². The van der Waals surface area contributed by atoms with Crippen LogP contribution in [-0.2, 0) is 17.0 Å². The molecule has 0 bridgehead atoms. The number of aliphatic imine (C=N–C) groups is 1. The fourth-order valence-corrected chi connectivity index (χ4v) is 3.72. The van der Waals surface area contributed by atoms with E-state index in [2.05, 4.69) is 60.4 Å². The van der Waals surface area contributed by atoms with Crippen LogP contribution >= 0.6 is 11.8 Å². The highest BCUT2D eigenvalue weighted by atomic mass is 32.2. The maximum absolute atomic E-state index is 5.92. The van der Waals surface area contributed by atoms with Crippen molar-refractivity contribution >= 4 is 23.1 Å². The van der Waals surface area contributed by atoms with Gasteiger partial charge < -0.3 is 10.6 Å². The number of oxime groups is 1. The van der Waals surface area contributed by atoms with Gasteiger partial charge in [-0.15, -0.1) is 0 Å². The number of nitrogens with zero attached hydrogens (tertiary/aromatic N) is 2. The highest BCUT2D eigenvalue weighted by Crippen LogP contribution is 2.35. The van der Waals surface area contributed by atoms with E-state index in [1.807, 2.05) is 12.1 Å². The molecule has 1 heterocycles. The topological polar surface area (TPSA) is 60.0 Å². The fraction of sp³-hybridized carbons (Fsp3) is 0.300. The van der Waals surface area contributed by atoms with Gasteiger partial charge in [0.2, 0.25) is 0 Å². The van der Waals surface area contributed by atoms with E-state index in [1.165, 1.54) is 5.56 Å². The molecule has 5 heteroatoms. The molecule has 0 amide bonds. The van der Waals surface area contributed by atoms with Crippen LogP contribution in [-0.4, -0.2) is 17.1 Å². The van der Waals surface area contributed by atoms with E-state index in [-0.39, 0.29) is 5.54 Å². The Kier molecular flexibility index (Phi) is 5.43. The summed E-state index contributed by atoms with van der Waals surface area (Å²) in [5, 5.41) is 4.75. The molecule has 4 nitrogen and oxygen atoms in total. The minimum Gasteiger partial charge on any atom is -0.391 e. The van der Waals surface area contributed by atoms with Crippen molar-refractivity contribution < 1.29 is 4.84 Å². The normalized spacial score (nSPS) is 20.5. The van der Waals surface area contributed by atoms with Gasteiger partial charge in [-0.05, 0) is 43.0 Å². The smallest absolute Gasteiger partial charge is 0.154 e. The van der Waals surface area contributed by atoms with Crippen LogP contribution in [0.15, 0.2) is 58.7 Å². The molecule has 1 unspecified atom stereocenters. The monoisotopic (exact) mass is 353 g/mol. The third-order valence-corrected chi connectivity index (χ3v) is 5.13. The minimum absolute atomic E-state index is 0.262. The van der Waals surface area contributed by atoms with Crippen LogP contribution in [0.5, 0.6) is 0 Å². The molecular weight excluding hydrogens is 330 g/mol. The minimum atomic E-state index is -0.262. The Bertz CT molecular complexity index is 786. The van der Waals surface area contributed by atoms with Crippen molar-refractivity contribution in [3.8, 4) is 0 Å². The molecule has 0 aliphatic carbocycles. The number of hydrogen-bond donors (Lipinski definition) is 1. The summed E-state index contributed by atoms with van der Waals surface area (Å²) in [6, 6.07) is 16.5. The standard InChI is InChI=1S/C20H23N3OS/c1-15-6-8-16(9-7-15)14-24-22-13-17-4-3-5-18(12-17)20(2)10-11-25-19(21)23-20/h3-9,12-13H,10-11,14H2,1-2H3,(H2,21,23). The Morgan fingerprint density at radius 2 is 2.08 bits per heavy atom. The van der Waals surface area contributed by atoms with Crippen molar-refractivity contribution in [1.82, 2.24) is 0 Å². The molecule has 130 valence electrons. The van der Waals surface area contributed by atoms with Gasteiger partial charge in [0.25, 0.3) is 0 Å². The highest BCUT2D eigenvalue weighted by Gasteiger charge is 2.29. The Hall–Kier alpha value is -2.27. The molecule has 0 aromatic heterocycles. The lowest BCUT2D eigenvalue weighted by Crippen LogP contribution is -2.28. The van der Waals surface area contributed by atoms with Crippen molar-refractivity contribution in [2.75, 3.05) is 5.75 Å². The van der Waals surface area contributed by atoms with Gasteiger partial charge >= 0.3 is 0 Å². The van der Waals surface area contributed by atoms with Crippen LogP contribution in [0.4, 0.5) is 0 Å². The maximum Gasteiger partial charge on any atom is 0.154 e. The molecule has 0 spiro atoms. The van der Waals surface area contributed by atoms with Gasteiger partial charge in [0.1, 0.15) is 6.61 Å². The number of rotatable bonds is 5. The number of hydrogen-bond acceptors (Lipinski definition) is 5. The quantitative estimate of drug-likeness (QED) is 0.647. The van der Waals surface area contributed by atoms with Crippen LogP contribution in [0.2, 0.25) is 0 Å². The van der Waals surface area contributed by atoms with E-state index in [0.29, 0.717) is 11.8 Å². The average molecular weight is 353 g/mol. The summed E-state index contributed by atoms with van der Waals surface area (Å²) < 4.78 is 0. The van der Waals surface area contributed by atoms with Gasteiger partial charge in [0.15, 0.2) is 5.17 Å². The summed E-state index contributed by atoms with van der Waals surface area (Å²) >= 11 is 1.62. The maximum atomic E-state index is 5.92. The third-order valence-electron chi connectivity index (χ3n) is 4.33. The first-order chi connectivity index (χ1) is 12.0. The van der Waals surface area contributed by atoms with E-state index < -0.39 is 0 Å². The zero-order chi connectivity index (χ0) is 17.7. The third kappa shape index (κ3) is 4.63. The number of amidine groups is 1. The van der Waals surface area contributed by atoms with Gasteiger partial charge in [0.05, 0.1) is 11.8 Å². The number of aryl methyl sites for hydroxylation is 1. The molecule has 0 fully saturated rings. The predicted octanol–water partition coefficient (Wildman–Crippen LogP) is 4.21. The molecule has 1 atom stereocenters. The summed E-state index contributed by atoms with van der Waals surface area (Å²) in [6.07, 6.45) is 2.72. The first-order valence-electron chi connectivity index (χ1n) is 8.35. The van der Waals surface area contributed by atoms with Crippen LogP contribution in [0.25, 0.3) is 0 Å². The van der Waals surface area contributed by atoms with Crippen molar-refractivity contribution in [2.24, 2.45) is 15.9 Å². The van der Waals surface area contributed by atoms with E-state index in [9.17, 15) is 0 Å². The molecule has 0 radical (unpaired) electrons. The highest BCUT2D eigenvalue weighted by molar-refractivity contribution is 8.13. The number of nitrogens with two attached hydrogens (primary N) is 1. The lowest BCUT2D eigenvalue weighted by atomic mass is 9.89. The second-order valence-electron chi connectivity index (χ2n) is 6.44. The molecular formula is C20H23N3OS. The second kappa shape index (κ2) is 7.74. The molecule has 25 heavy (non-hydrogen) atoms. The van der Waals surface area contributed by atoms with Crippen LogP contribution in [0, 0.1) is 6.92 Å². The summed E-state index contributed by atoms with van der Waals surface area (Å²) in [4.78, 5) is 10.1. The molecule has 1 aliphatic rings. The SMILES string of the molecule is Cc1ccc(CON=Cc2cccc(C3(C)CCSC(N)=N3)c2)cc1. The average Bonchev–Trinajstić information content (AvgIpc) is 2.60. The second-order valence-corrected chi connectivity index (χ2v) is 7.56. The van der Waals surface area contributed by atoms with Gasteiger partial charge in [-0.3, -0.25) is 4.99 Å². The first kappa shape index (κ1) is 17.5. The molecule has 2 aromatic carbocycles. The van der Waals surface area contributed by atoms with Crippen molar-refractivity contribution in [3.05, 3.63) is 70.8 Å². The fourth-order valence-electron chi connectivity index (χ4n) is 2.74. The van der Waals surface area contributed by atoms with Gasteiger partial charge in [0, 0.05) is 5.75 Å². The van der Waals surface area contributed by atoms with Crippen LogP contribution in [0.3, 0.4) is 0 Å². The molecule has 0 saturated heterocycles. The van der Waals surface area contributed by atoms with E-state index in [1.54, 1.807) is 18.0 Å². The van der Waals surface area contributed by atoms with Gasteiger partial charge in [-0.25, -0.2) is 0 Å². The van der Waals surface area contributed by atoms with Crippen molar-refractivity contribution in [1.29, 1.82) is 0 Å². The summed E-state index contributed by atoms with van der Waals surface area (Å²) in [6.45, 7) is 4.66. The van der Waals surface area contributed by atoms with Crippen molar-refractivity contribution in [2.45, 2.75) is 32.4 Å². The van der Waals surface area contributed by atoms with E-state index >= 15 is 0 Å². The molecule has 3 rings (SSSR count). The molecule has 0 saturated carbocycles. The first-order valence-corrected chi connectivity index (χ1v) is 9.33. The Morgan fingerprint density at radius 3 is 2.84 bits per heavy atom. The lowest BCUT2D eigenvalue weighted by Gasteiger charge is -2.29. The van der Waals surface area contributed by atoms with E-state index in [0.717, 1.165) is 28.9 Å². The van der Waals surface area contributed by atoms with Gasteiger partial charge in [-0.1, -0.05) is 64.9 Å². The van der Waals surface area contributed by atoms with Crippen LogP contribution < -0.4 is 5.73 Å². The summed E-state index contributed by atoms with van der Waals surface area (Å²) in [5.41, 5.74) is 10.1. The molecule has 2 aromatic rings. The Morgan fingerprint density at radius 1 is 1.28 bits per heavy atom. The Labute approximate surface area is 153 Å². The number of benzene rings is 2. The Balaban J connectivity index is 1.65. The molecule has 1 aliphatic heterocycles. The van der Waals surface area contributed by atoms with Crippen molar-refractivity contribution in [3.63, 3.8) is 0 Å². The zero-order valence-corrected chi connectivity index (χ0v) is 15.4. The zero-order valence-electron chi connectivity index (χ0n) is 14.6. The predicted molar refractivity (Wildman–Crippen MR) is 106 cm³/mol. The largest absolute Gasteiger partial charge is 0.391 e. The van der Waals surface area contributed by atoms with Crippen LogP contribution in [0.1, 0.15) is 35.6 Å². The summed E-state index contributed by atoms with van der Waals surface area (Å²) in [5.74, 6) is 0.990. The molecule has 2 N–H and O–H groups in total. The lowest BCUT2D eigenvalue weighted by molar-refractivity contribution is 0.132. The number of thioether (sulfide) groups is 1. The summed E-state index contributed by atoms with van der Waals surface area (Å²) in [7, 11) is 0.